The molecule has 1 aliphatic heterocycles. The maximum Gasteiger partial charge on any atom is 0.191 e. The van der Waals surface area contributed by atoms with Gasteiger partial charge in [-0.2, -0.15) is 0 Å². The molecule has 0 aliphatic carbocycles. The molecular weight excluding hydrogens is 306 g/mol. The number of hydrogen-bond donors (Lipinski definition) is 2. The van der Waals surface area contributed by atoms with Crippen molar-refractivity contribution in [1.82, 2.24) is 10.6 Å². The molecule has 1 fully saturated rings. The van der Waals surface area contributed by atoms with E-state index >= 15 is 0 Å². The van der Waals surface area contributed by atoms with Gasteiger partial charge in [-0.25, -0.2) is 0 Å². The highest BCUT2D eigenvalue weighted by Gasteiger charge is 2.13. The summed E-state index contributed by atoms with van der Waals surface area (Å²) in [5.41, 5.74) is 1.18. The van der Waals surface area contributed by atoms with Crippen molar-refractivity contribution in [2.24, 2.45) is 4.99 Å². The third-order valence-electron chi connectivity index (χ3n) is 3.98. The van der Waals surface area contributed by atoms with Gasteiger partial charge in [-0.05, 0) is 37.0 Å². The molecular formula is C18H29N3O3. The van der Waals surface area contributed by atoms with Crippen molar-refractivity contribution in [3.8, 4) is 5.75 Å². The predicted octanol–water partition coefficient (Wildman–Crippen LogP) is 1.95. The van der Waals surface area contributed by atoms with E-state index in [-0.39, 0.29) is 0 Å². The van der Waals surface area contributed by atoms with E-state index in [1.165, 1.54) is 5.56 Å². The van der Waals surface area contributed by atoms with Crippen LogP contribution in [0.4, 0.5) is 0 Å². The lowest BCUT2D eigenvalue weighted by Gasteiger charge is -2.22. The number of ether oxygens (including phenoxy) is 3. The molecule has 0 bridgehead atoms. The van der Waals surface area contributed by atoms with E-state index in [0.29, 0.717) is 6.10 Å². The Labute approximate surface area is 144 Å². The molecule has 24 heavy (non-hydrogen) atoms. The molecule has 2 N–H and O–H groups in total. The molecule has 0 saturated carbocycles. The maximum absolute atomic E-state index is 5.86. The fourth-order valence-electron chi connectivity index (χ4n) is 2.52. The normalized spacial score (nSPS) is 16.0. The number of guanidine groups is 1. The van der Waals surface area contributed by atoms with Crippen LogP contribution in [0.15, 0.2) is 29.3 Å². The number of benzene rings is 1. The van der Waals surface area contributed by atoms with E-state index in [1.807, 2.05) is 24.3 Å². The van der Waals surface area contributed by atoms with Crippen molar-refractivity contribution in [1.29, 1.82) is 0 Å². The van der Waals surface area contributed by atoms with Crippen LogP contribution in [-0.2, 0) is 16.0 Å². The van der Waals surface area contributed by atoms with E-state index < -0.39 is 0 Å². The van der Waals surface area contributed by atoms with E-state index in [1.54, 1.807) is 14.2 Å². The van der Waals surface area contributed by atoms with Gasteiger partial charge in [0.15, 0.2) is 5.96 Å². The Morgan fingerprint density at radius 2 is 1.96 bits per heavy atom. The Morgan fingerprint density at radius 3 is 2.62 bits per heavy atom. The first kappa shape index (κ1) is 18.5. The first-order chi connectivity index (χ1) is 11.8. The van der Waals surface area contributed by atoms with Crippen LogP contribution in [0.3, 0.4) is 0 Å². The quantitative estimate of drug-likeness (QED) is 0.432. The third-order valence-corrected chi connectivity index (χ3v) is 3.98. The monoisotopic (exact) mass is 335 g/mol. The van der Waals surface area contributed by atoms with Crippen molar-refractivity contribution in [2.45, 2.75) is 31.9 Å². The highest BCUT2D eigenvalue weighted by molar-refractivity contribution is 5.79. The molecule has 1 aromatic rings. The smallest absolute Gasteiger partial charge is 0.191 e. The summed E-state index contributed by atoms with van der Waals surface area (Å²) in [6.45, 7) is 3.98. The van der Waals surface area contributed by atoms with Gasteiger partial charge in [0.05, 0.1) is 13.2 Å². The molecule has 1 heterocycles. The van der Waals surface area contributed by atoms with Gasteiger partial charge in [-0.3, -0.25) is 4.99 Å². The zero-order valence-electron chi connectivity index (χ0n) is 14.7. The van der Waals surface area contributed by atoms with Crippen molar-refractivity contribution < 1.29 is 14.2 Å². The zero-order valence-corrected chi connectivity index (χ0v) is 14.7. The second kappa shape index (κ2) is 10.9. The van der Waals surface area contributed by atoms with E-state index in [2.05, 4.69) is 15.6 Å². The minimum absolute atomic E-state index is 0.367. The van der Waals surface area contributed by atoms with Gasteiger partial charge >= 0.3 is 0 Å². The summed E-state index contributed by atoms with van der Waals surface area (Å²) in [6, 6.07) is 8.00. The van der Waals surface area contributed by atoms with Crippen LogP contribution in [0.5, 0.6) is 5.75 Å². The van der Waals surface area contributed by atoms with Crippen molar-refractivity contribution >= 4 is 5.96 Å². The summed E-state index contributed by atoms with van der Waals surface area (Å²) in [5.74, 6) is 1.67. The summed E-state index contributed by atoms with van der Waals surface area (Å²) in [6.07, 6.45) is 3.35. The van der Waals surface area contributed by atoms with Crippen LogP contribution in [-0.4, -0.2) is 52.6 Å². The second-order valence-corrected chi connectivity index (χ2v) is 5.74. The number of nitrogens with zero attached hydrogens (tertiary/aromatic N) is 1. The van der Waals surface area contributed by atoms with E-state index in [9.17, 15) is 0 Å². The predicted molar refractivity (Wildman–Crippen MR) is 95.6 cm³/mol. The van der Waals surface area contributed by atoms with E-state index in [4.69, 9.17) is 14.2 Å². The molecule has 0 amide bonds. The fourth-order valence-corrected chi connectivity index (χ4v) is 2.52. The lowest BCUT2D eigenvalue weighted by atomic mass is 10.1. The molecule has 0 aromatic heterocycles. The minimum Gasteiger partial charge on any atom is -0.497 e. The largest absolute Gasteiger partial charge is 0.497 e. The first-order valence-electron chi connectivity index (χ1n) is 8.58. The van der Waals surface area contributed by atoms with Gasteiger partial charge in [-0.1, -0.05) is 12.1 Å². The highest BCUT2D eigenvalue weighted by Crippen LogP contribution is 2.11. The molecule has 6 nitrogen and oxygen atoms in total. The molecule has 6 heteroatoms. The van der Waals surface area contributed by atoms with Crippen LogP contribution in [0, 0.1) is 0 Å². The van der Waals surface area contributed by atoms with Gasteiger partial charge in [-0.15, -0.1) is 0 Å². The van der Waals surface area contributed by atoms with Crippen molar-refractivity contribution in [3.05, 3.63) is 29.8 Å². The first-order valence-corrected chi connectivity index (χ1v) is 8.58. The Kier molecular flexibility index (Phi) is 8.41. The summed E-state index contributed by atoms with van der Waals surface area (Å²) in [5, 5.41) is 6.61. The van der Waals surface area contributed by atoms with E-state index in [0.717, 1.165) is 63.9 Å². The standard InChI is InChI=1S/C18H29N3O3/c1-19-18(21-14-15-4-6-16(22-2)7-5-15)20-10-3-11-24-17-8-12-23-13-9-17/h4-7,17H,3,8-14H2,1-2H3,(H2,19,20,21). The molecule has 0 spiro atoms. The van der Waals surface area contributed by atoms with Crippen LogP contribution in [0.25, 0.3) is 0 Å². The lowest BCUT2D eigenvalue weighted by molar-refractivity contribution is -0.0320. The van der Waals surface area contributed by atoms with Gasteiger partial charge in [0, 0.05) is 40.0 Å². The number of rotatable bonds is 8. The number of nitrogens with one attached hydrogen (secondary N) is 2. The molecule has 0 atom stereocenters. The van der Waals surface area contributed by atoms with Crippen molar-refractivity contribution in [2.75, 3.05) is 40.5 Å². The number of aliphatic imine (C=N–C) groups is 1. The zero-order chi connectivity index (χ0) is 17.0. The Bertz CT molecular complexity index is 485. The SMILES string of the molecule is CN=C(NCCCOC1CCOCC1)NCc1ccc(OC)cc1. The summed E-state index contributed by atoms with van der Waals surface area (Å²) >= 11 is 0. The summed E-state index contributed by atoms with van der Waals surface area (Å²) in [4.78, 5) is 4.24. The van der Waals surface area contributed by atoms with Gasteiger partial charge in [0.1, 0.15) is 5.75 Å². The van der Waals surface area contributed by atoms with Gasteiger partial charge in [0.25, 0.3) is 0 Å². The number of hydrogen-bond acceptors (Lipinski definition) is 4. The average Bonchev–Trinajstić information content (AvgIpc) is 2.65. The Morgan fingerprint density at radius 1 is 1.21 bits per heavy atom. The molecule has 134 valence electrons. The number of methoxy groups -OCH3 is 1. The molecule has 0 unspecified atom stereocenters. The van der Waals surface area contributed by atoms with Gasteiger partial charge in [0.2, 0.25) is 0 Å². The Balaban J connectivity index is 1.57. The average molecular weight is 335 g/mol. The second-order valence-electron chi connectivity index (χ2n) is 5.74. The summed E-state index contributed by atoms with van der Waals surface area (Å²) in [7, 11) is 3.45. The van der Waals surface area contributed by atoms with Crippen LogP contribution >= 0.6 is 0 Å². The van der Waals surface area contributed by atoms with Crippen molar-refractivity contribution in [3.63, 3.8) is 0 Å². The maximum atomic E-state index is 5.86. The van der Waals surface area contributed by atoms with Crippen LogP contribution in [0.2, 0.25) is 0 Å². The van der Waals surface area contributed by atoms with Crippen LogP contribution in [0.1, 0.15) is 24.8 Å². The highest BCUT2D eigenvalue weighted by atomic mass is 16.5. The van der Waals surface area contributed by atoms with Gasteiger partial charge < -0.3 is 24.8 Å². The minimum atomic E-state index is 0.367. The third kappa shape index (κ3) is 6.76. The Hall–Kier alpha value is -1.79. The molecule has 1 aromatic carbocycles. The van der Waals surface area contributed by atoms with Crippen LogP contribution < -0.4 is 15.4 Å². The summed E-state index contributed by atoms with van der Waals surface area (Å²) < 4.78 is 16.3. The molecule has 2 rings (SSSR count). The molecule has 1 saturated heterocycles. The molecule has 1 aliphatic rings. The molecule has 0 radical (unpaired) electrons. The fraction of sp³-hybridized carbons (Fsp3) is 0.611. The topological polar surface area (TPSA) is 64.1 Å². The lowest BCUT2D eigenvalue weighted by Crippen LogP contribution is -2.37.